The van der Waals surface area contributed by atoms with Crippen molar-refractivity contribution >= 4 is 19.9 Å². The highest BCUT2D eigenvalue weighted by Crippen LogP contribution is 2.24. The molecule has 1 unspecified atom stereocenters. The molecule has 0 radical (unpaired) electrons. The Balaban J connectivity index is 2.44. The SMILES string of the molecule is COC1([SiH2]Cl)CCCCO1. The molecule has 0 aliphatic carbocycles. The van der Waals surface area contributed by atoms with E-state index in [-0.39, 0.29) is 5.41 Å². The molecule has 1 rings (SSSR count). The minimum absolute atomic E-state index is 0.334. The van der Waals surface area contributed by atoms with Crippen LogP contribution in [0.4, 0.5) is 0 Å². The van der Waals surface area contributed by atoms with E-state index < -0.39 is 8.83 Å². The second-order valence-corrected chi connectivity index (χ2v) is 4.70. The third-order valence-electron chi connectivity index (χ3n) is 1.89. The van der Waals surface area contributed by atoms with E-state index >= 15 is 0 Å². The summed E-state index contributed by atoms with van der Waals surface area (Å²) in [7, 11) is 0.970. The molecule has 1 aliphatic heterocycles. The van der Waals surface area contributed by atoms with Crippen LogP contribution < -0.4 is 0 Å². The van der Waals surface area contributed by atoms with Crippen LogP contribution in [0.5, 0.6) is 0 Å². The lowest BCUT2D eigenvalue weighted by atomic mass is 10.2. The van der Waals surface area contributed by atoms with E-state index in [1.165, 1.54) is 6.42 Å². The molecule has 1 saturated heterocycles. The molecule has 10 heavy (non-hydrogen) atoms. The van der Waals surface area contributed by atoms with Gasteiger partial charge in [0.15, 0.2) is 14.2 Å². The number of ether oxygens (including phenoxy) is 2. The summed E-state index contributed by atoms with van der Waals surface area (Å²) in [5, 5.41) is 0. The molecule has 0 bridgehead atoms. The van der Waals surface area contributed by atoms with Gasteiger partial charge in [0, 0.05) is 13.7 Å². The van der Waals surface area contributed by atoms with Crippen molar-refractivity contribution < 1.29 is 9.47 Å². The van der Waals surface area contributed by atoms with Crippen LogP contribution in [-0.2, 0) is 9.47 Å². The van der Waals surface area contributed by atoms with E-state index in [1.54, 1.807) is 7.11 Å². The van der Waals surface area contributed by atoms with E-state index in [4.69, 9.17) is 20.6 Å². The summed E-state index contributed by atoms with van der Waals surface area (Å²) in [5.74, 6) is 0. The van der Waals surface area contributed by atoms with Crippen molar-refractivity contribution in [3.05, 3.63) is 0 Å². The van der Waals surface area contributed by atoms with Gasteiger partial charge in [-0.3, -0.25) is 0 Å². The van der Waals surface area contributed by atoms with Gasteiger partial charge < -0.3 is 9.47 Å². The van der Waals surface area contributed by atoms with Gasteiger partial charge in [0.1, 0.15) is 0 Å². The minimum Gasteiger partial charge on any atom is -0.356 e. The predicted octanol–water partition coefficient (Wildman–Crippen LogP) is 0.810. The topological polar surface area (TPSA) is 18.5 Å². The molecule has 1 aliphatic rings. The van der Waals surface area contributed by atoms with Gasteiger partial charge in [-0.1, -0.05) is 0 Å². The lowest BCUT2D eigenvalue weighted by Crippen LogP contribution is -2.42. The van der Waals surface area contributed by atoms with E-state index in [1.807, 2.05) is 0 Å². The third-order valence-corrected chi connectivity index (χ3v) is 4.37. The second-order valence-electron chi connectivity index (χ2n) is 2.55. The van der Waals surface area contributed by atoms with Crippen LogP contribution in [0.2, 0.25) is 0 Å². The molecule has 2 nitrogen and oxygen atoms in total. The third kappa shape index (κ3) is 1.72. The lowest BCUT2D eigenvalue weighted by Gasteiger charge is -2.33. The first-order valence-electron chi connectivity index (χ1n) is 3.58. The molecule has 0 aromatic carbocycles. The van der Waals surface area contributed by atoms with Crippen molar-refractivity contribution in [2.75, 3.05) is 13.7 Å². The van der Waals surface area contributed by atoms with Crippen molar-refractivity contribution in [2.45, 2.75) is 24.7 Å². The summed E-state index contributed by atoms with van der Waals surface area (Å²) in [6.45, 7) is 0.813. The van der Waals surface area contributed by atoms with E-state index in [2.05, 4.69) is 0 Å². The standard InChI is InChI=1S/C6H13ClO2Si/c1-8-6(10-7)4-2-3-5-9-6/h2-5,10H2,1H3. The van der Waals surface area contributed by atoms with E-state index in [0.717, 1.165) is 19.4 Å². The van der Waals surface area contributed by atoms with Crippen LogP contribution in [-0.4, -0.2) is 28.0 Å². The van der Waals surface area contributed by atoms with Crippen LogP contribution >= 0.6 is 11.1 Å². The van der Waals surface area contributed by atoms with Gasteiger partial charge in [0.25, 0.3) is 0 Å². The van der Waals surface area contributed by atoms with Crippen molar-refractivity contribution in [1.82, 2.24) is 0 Å². The smallest absolute Gasteiger partial charge is 0.193 e. The zero-order valence-electron chi connectivity index (χ0n) is 6.23. The molecule has 0 amide bonds. The van der Waals surface area contributed by atoms with Gasteiger partial charge in [0.05, 0.1) is 0 Å². The van der Waals surface area contributed by atoms with Crippen LogP contribution in [0.1, 0.15) is 19.3 Å². The van der Waals surface area contributed by atoms with E-state index in [9.17, 15) is 0 Å². The Kier molecular flexibility index (Phi) is 3.16. The molecule has 1 fully saturated rings. The minimum atomic E-state index is -0.711. The zero-order valence-corrected chi connectivity index (χ0v) is 8.40. The maximum absolute atomic E-state index is 5.83. The van der Waals surface area contributed by atoms with Crippen LogP contribution in [0, 0.1) is 0 Å². The first-order valence-corrected chi connectivity index (χ1v) is 6.42. The zero-order chi connectivity index (χ0) is 7.45. The summed E-state index contributed by atoms with van der Waals surface area (Å²) in [6, 6.07) is 0. The Morgan fingerprint density at radius 2 is 2.40 bits per heavy atom. The molecule has 4 heteroatoms. The van der Waals surface area contributed by atoms with Crippen LogP contribution in [0.3, 0.4) is 0 Å². The fourth-order valence-electron chi connectivity index (χ4n) is 1.15. The fraction of sp³-hybridized carbons (Fsp3) is 1.00. The van der Waals surface area contributed by atoms with E-state index in [0.29, 0.717) is 0 Å². The number of halogens is 1. The molecule has 0 aromatic rings. The molecular formula is C6H13ClO2Si. The largest absolute Gasteiger partial charge is 0.356 e. The Morgan fingerprint density at radius 3 is 2.70 bits per heavy atom. The number of hydrogen-bond acceptors (Lipinski definition) is 2. The monoisotopic (exact) mass is 180 g/mol. The van der Waals surface area contributed by atoms with Crippen molar-refractivity contribution in [1.29, 1.82) is 0 Å². The maximum Gasteiger partial charge on any atom is 0.193 e. The van der Waals surface area contributed by atoms with Gasteiger partial charge in [-0.2, -0.15) is 11.1 Å². The Hall–Kier alpha value is 0.427. The first-order chi connectivity index (χ1) is 4.83. The number of methoxy groups -OCH3 is 1. The predicted molar refractivity (Wildman–Crippen MR) is 43.9 cm³/mol. The lowest BCUT2D eigenvalue weighted by molar-refractivity contribution is -0.183. The average Bonchev–Trinajstić information content (AvgIpc) is 2.06. The molecular weight excluding hydrogens is 168 g/mol. The first kappa shape index (κ1) is 8.52. The molecule has 0 N–H and O–H groups in total. The molecule has 0 aromatic heterocycles. The van der Waals surface area contributed by atoms with Crippen molar-refractivity contribution in [3.63, 3.8) is 0 Å². The Bertz CT molecular complexity index is 97.9. The summed E-state index contributed by atoms with van der Waals surface area (Å²) in [4.78, 5) is 0. The highest BCUT2D eigenvalue weighted by Gasteiger charge is 2.32. The highest BCUT2D eigenvalue weighted by atomic mass is 35.6. The Morgan fingerprint density at radius 1 is 1.60 bits per heavy atom. The van der Waals surface area contributed by atoms with Gasteiger partial charge in [0.2, 0.25) is 0 Å². The molecule has 0 spiro atoms. The fourth-order valence-corrected chi connectivity index (χ4v) is 2.82. The summed E-state index contributed by atoms with van der Waals surface area (Å²) < 4.78 is 10.7. The maximum atomic E-state index is 5.83. The van der Waals surface area contributed by atoms with Crippen LogP contribution in [0.15, 0.2) is 0 Å². The second kappa shape index (κ2) is 3.71. The Labute approximate surface area is 68.4 Å². The van der Waals surface area contributed by atoms with Gasteiger partial charge in [-0.25, -0.2) is 0 Å². The average molecular weight is 181 g/mol. The van der Waals surface area contributed by atoms with Crippen molar-refractivity contribution in [2.24, 2.45) is 0 Å². The molecule has 1 heterocycles. The summed E-state index contributed by atoms with van der Waals surface area (Å²) in [6.07, 6.45) is 3.32. The van der Waals surface area contributed by atoms with Gasteiger partial charge in [-0.15, -0.1) is 0 Å². The normalized spacial score (nSPS) is 35.4. The van der Waals surface area contributed by atoms with Crippen molar-refractivity contribution in [3.8, 4) is 0 Å². The highest BCUT2D eigenvalue weighted by molar-refractivity contribution is 6.95. The number of hydrogen-bond donors (Lipinski definition) is 0. The van der Waals surface area contributed by atoms with Gasteiger partial charge >= 0.3 is 0 Å². The molecule has 60 valence electrons. The molecule has 0 saturated carbocycles. The summed E-state index contributed by atoms with van der Waals surface area (Å²) >= 11 is 5.83. The molecule has 1 atom stereocenters. The summed E-state index contributed by atoms with van der Waals surface area (Å²) in [5.41, 5.74) is -0.334. The number of rotatable bonds is 2. The van der Waals surface area contributed by atoms with Crippen LogP contribution in [0.25, 0.3) is 0 Å². The quantitative estimate of drug-likeness (QED) is 0.463. The van der Waals surface area contributed by atoms with Gasteiger partial charge in [-0.05, 0) is 19.3 Å².